The molecule has 0 unspecified atom stereocenters. The number of rotatable bonds is 17. The van der Waals surface area contributed by atoms with Crippen molar-refractivity contribution in [2.24, 2.45) is 5.92 Å². The van der Waals surface area contributed by atoms with E-state index in [1.165, 1.54) is 83.5 Å². The molecule has 1 aliphatic carbocycles. The van der Waals surface area contributed by atoms with Crippen LogP contribution in [0.25, 0.3) is 0 Å². The Labute approximate surface area is 157 Å². The summed E-state index contributed by atoms with van der Waals surface area (Å²) in [5, 5.41) is 0. The third-order valence-corrected chi connectivity index (χ3v) is 4.65. The van der Waals surface area contributed by atoms with Gasteiger partial charge in [-0.1, -0.05) is 63.7 Å². The molecule has 0 radical (unpaired) electrons. The van der Waals surface area contributed by atoms with Gasteiger partial charge in [0.1, 0.15) is 0 Å². The maximum atomic E-state index is 5.57. The van der Waals surface area contributed by atoms with Crippen molar-refractivity contribution in [3.8, 4) is 11.8 Å². The average Bonchev–Trinajstić information content (AvgIpc) is 3.41. The largest absolute Gasteiger partial charge is 0.379 e. The fourth-order valence-electron chi connectivity index (χ4n) is 2.90. The van der Waals surface area contributed by atoms with Crippen molar-refractivity contribution in [2.45, 2.75) is 110 Å². The number of unbranched alkanes of at least 4 members (excludes halogenated alkanes) is 11. The van der Waals surface area contributed by atoms with Gasteiger partial charge in [0, 0.05) is 18.9 Å². The van der Waals surface area contributed by atoms with E-state index in [0.29, 0.717) is 6.10 Å². The molecule has 25 heavy (non-hydrogen) atoms. The molecule has 0 heterocycles. The van der Waals surface area contributed by atoms with Crippen molar-refractivity contribution >= 4 is 0 Å². The highest BCUT2D eigenvalue weighted by Crippen LogP contribution is 2.27. The van der Waals surface area contributed by atoms with Crippen molar-refractivity contribution < 1.29 is 9.47 Å². The molecule has 0 N–H and O–H groups in total. The van der Waals surface area contributed by atoms with Crippen molar-refractivity contribution in [1.29, 1.82) is 0 Å². The molecule has 0 atom stereocenters. The third kappa shape index (κ3) is 18.1. The Hall–Kier alpha value is -0.520. The lowest BCUT2D eigenvalue weighted by Crippen LogP contribution is -2.10. The van der Waals surface area contributed by atoms with Crippen LogP contribution in [-0.2, 0) is 9.47 Å². The van der Waals surface area contributed by atoms with Gasteiger partial charge in [-0.25, -0.2) is 0 Å². The van der Waals surface area contributed by atoms with E-state index < -0.39 is 0 Å². The SMILES string of the molecule is CC(C)OCCOCCCCCCCCCCCCCC#CC1CC1. The predicted octanol–water partition coefficient (Wildman–Crippen LogP) is 6.52. The highest BCUT2D eigenvalue weighted by atomic mass is 16.5. The van der Waals surface area contributed by atoms with Crippen molar-refractivity contribution in [2.75, 3.05) is 19.8 Å². The molecule has 1 saturated carbocycles. The molecule has 0 aromatic heterocycles. The molecule has 0 bridgehead atoms. The second-order valence-corrected chi connectivity index (χ2v) is 7.77. The van der Waals surface area contributed by atoms with E-state index in [9.17, 15) is 0 Å². The monoisotopic (exact) mass is 350 g/mol. The van der Waals surface area contributed by atoms with Crippen LogP contribution in [0.15, 0.2) is 0 Å². The normalized spacial score (nSPS) is 13.9. The van der Waals surface area contributed by atoms with E-state index in [4.69, 9.17) is 9.47 Å². The van der Waals surface area contributed by atoms with Gasteiger partial charge in [-0.2, -0.15) is 0 Å². The van der Waals surface area contributed by atoms with Gasteiger partial charge in [0.05, 0.1) is 19.3 Å². The lowest BCUT2D eigenvalue weighted by atomic mass is 10.1. The summed E-state index contributed by atoms with van der Waals surface area (Å²) in [5.41, 5.74) is 0. The van der Waals surface area contributed by atoms with Crippen LogP contribution in [0.2, 0.25) is 0 Å². The summed E-state index contributed by atoms with van der Waals surface area (Å²) in [6, 6.07) is 0. The van der Waals surface area contributed by atoms with Crippen LogP contribution in [0.4, 0.5) is 0 Å². The number of hydrogen-bond acceptors (Lipinski definition) is 2. The van der Waals surface area contributed by atoms with Crippen molar-refractivity contribution in [1.82, 2.24) is 0 Å². The maximum absolute atomic E-state index is 5.57. The van der Waals surface area contributed by atoms with Gasteiger partial charge >= 0.3 is 0 Å². The predicted molar refractivity (Wildman–Crippen MR) is 108 cm³/mol. The Morgan fingerprint density at radius 1 is 0.720 bits per heavy atom. The van der Waals surface area contributed by atoms with E-state index >= 15 is 0 Å². The van der Waals surface area contributed by atoms with Crippen LogP contribution in [-0.4, -0.2) is 25.9 Å². The van der Waals surface area contributed by atoms with Crippen LogP contribution in [0.5, 0.6) is 0 Å². The van der Waals surface area contributed by atoms with Gasteiger partial charge in [-0.3, -0.25) is 0 Å². The number of hydrogen-bond donors (Lipinski definition) is 0. The first-order valence-corrected chi connectivity index (χ1v) is 11.0. The fraction of sp³-hybridized carbons (Fsp3) is 0.913. The molecular formula is C23H42O2. The lowest BCUT2D eigenvalue weighted by molar-refractivity contribution is 0.0186. The van der Waals surface area contributed by atoms with Crippen molar-refractivity contribution in [3.05, 3.63) is 0 Å². The van der Waals surface area contributed by atoms with Crippen LogP contribution in [0, 0.1) is 17.8 Å². The molecule has 2 heteroatoms. The molecule has 0 aromatic rings. The Kier molecular flexibility index (Phi) is 15.2. The van der Waals surface area contributed by atoms with Gasteiger partial charge in [0.15, 0.2) is 0 Å². The summed E-state index contributed by atoms with van der Waals surface area (Å²) in [7, 11) is 0. The minimum atomic E-state index is 0.315. The molecule has 2 nitrogen and oxygen atoms in total. The Balaban J connectivity index is 1.63. The lowest BCUT2D eigenvalue weighted by Gasteiger charge is -2.08. The zero-order chi connectivity index (χ0) is 18.0. The van der Waals surface area contributed by atoms with Crippen LogP contribution in [0.1, 0.15) is 104 Å². The fourth-order valence-corrected chi connectivity index (χ4v) is 2.90. The highest BCUT2D eigenvalue weighted by molar-refractivity contribution is 5.08. The van der Waals surface area contributed by atoms with Gasteiger partial charge in [-0.05, 0) is 39.5 Å². The Morgan fingerprint density at radius 3 is 1.84 bits per heavy atom. The Morgan fingerprint density at radius 2 is 1.28 bits per heavy atom. The molecule has 0 spiro atoms. The van der Waals surface area contributed by atoms with Gasteiger partial charge in [0.25, 0.3) is 0 Å². The molecule has 0 saturated heterocycles. The summed E-state index contributed by atoms with van der Waals surface area (Å²) in [6.45, 7) is 6.49. The van der Waals surface area contributed by atoms with Crippen LogP contribution in [0.3, 0.4) is 0 Å². The van der Waals surface area contributed by atoms with E-state index in [1.54, 1.807) is 0 Å². The van der Waals surface area contributed by atoms with Gasteiger partial charge in [0.2, 0.25) is 0 Å². The summed E-state index contributed by atoms with van der Waals surface area (Å²) < 4.78 is 11.0. The van der Waals surface area contributed by atoms with Crippen LogP contribution >= 0.6 is 0 Å². The summed E-state index contributed by atoms with van der Waals surface area (Å²) in [5.74, 6) is 7.46. The van der Waals surface area contributed by atoms with Gasteiger partial charge in [-0.15, -0.1) is 5.92 Å². The maximum Gasteiger partial charge on any atom is 0.0703 e. The van der Waals surface area contributed by atoms with E-state index in [0.717, 1.165) is 32.2 Å². The standard InChI is InChI=1S/C23H42O2/c1-22(2)25-21-20-24-19-15-13-11-9-7-5-3-4-6-8-10-12-14-16-23-17-18-23/h22-23H,3-13,15,17-21H2,1-2H3. The third-order valence-electron chi connectivity index (χ3n) is 4.65. The first-order valence-electron chi connectivity index (χ1n) is 11.0. The first kappa shape index (κ1) is 22.5. The average molecular weight is 351 g/mol. The quantitative estimate of drug-likeness (QED) is 0.219. The first-order chi connectivity index (χ1) is 12.3. The molecule has 1 rings (SSSR count). The summed E-state index contributed by atoms with van der Waals surface area (Å²) >= 11 is 0. The number of ether oxygens (including phenoxy) is 2. The molecule has 0 aromatic carbocycles. The second-order valence-electron chi connectivity index (χ2n) is 7.77. The topological polar surface area (TPSA) is 18.5 Å². The zero-order valence-corrected chi connectivity index (χ0v) is 17.0. The molecular weight excluding hydrogens is 308 g/mol. The summed E-state index contributed by atoms with van der Waals surface area (Å²) in [4.78, 5) is 0. The molecule has 1 fully saturated rings. The van der Waals surface area contributed by atoms with Gasteiger partial charge < -0.3 is 9.47 Å². The van der Waals surface area contributed by atoms with E-state index in [1.807, 2.05) is 0 Å². The molecule has 146 valence electrons. The summed E-state index contributed by atoms with van der Waals surface area (Å²) in [6.07, 6.45) is 19.2. The molecule has 1 aliphatic rings. The van der Waals surface area contributed by atoms with E-state index in [-0.39, 0.29) is 0 Å². The smallest absolute Gasteiger partial charge is 0.0703 e. The minimum absolute atomic E-state index is 0.315. The molecule has 0 aliphatic heterocycles. The highest BCUT2D eigenvalue weighted by Gasteiger charge is 2.17. The zero-order valence-electron chi connectivity index (χ0n) is 17.0. The van der Waals surface area contributed by atoms with Crippen LogP contribution < -0.4 is 0 Å². The van der Waals surface area contributed by atoms with E-state index in [2.05, 4.69) is 25.7 Å². The Bertz CT molecular complexity index is 336. The molecule has 0 amide bonds. The minimum Gasteiger partial charge on any atom is -0.379 e. The van der Waals surface area contributed by atoms with Crippen molar-refractivity contribution in [3.63, 3.8) is 0 Å². The second kappa shape index (κ2) is 16.9.